The molecule has 16 heavy (non-hydrogen) atoms. The fourth-order valence-electron chi connectivity index (χ4n) is 1.84. The third-order valence-electron chi connectivity index (χ3n) is 2.60. The fourth-order valence-corrected chi connectivity index (χ4v) is 1.84. The molecule has 3 heterocycles. The quantitative estimate of drug-likeness (QED) is 0.527. The van der Waals surface area contributed by atoms with Gasteiger partial charge in [-0.05, 0) is 6.07 Å². The van der Waals surface area contributed by atoms with Crippen molar-refractivity contribution in [2.24, 2.45) is 0 Å². The molecule has 0 saturated heterocycles. The Hall–Kier alpha value is -2.31. The van der Waals surface area contributed by atoms with Crippen molar-refractivity contribution in [3.05, 3.63) is 18.0 Å². The second-order valence-corrected chi connectivity index (χ2v) is 3.59. The van der Waals surface area contributed by atoms with Gasteiger partial charge in [0, 0.05) is 0 Å². The second kappa shape index (κ2) is 3.09. The number of aromatic nitrogens is 4. The summed E-state index contributed by atoms with van der Waals surface area (Å²) in [5.74, 6) is -0.0602. The van der Waals surface area contributed by atoms with Crippen molar-refractivity contribution < 1.29 is 14.6 Å². The molecule has 4 N–H and O–H groups in total. The lowest BCUT2D eigenvalue weighted by atomic mass is 10.2. The minimum absolute atomic E-state index is 0.0907. The van der Waals surface area contributed by atoms with E-state index in [1.54, 1.807) is 0 Å². The molecule has 2 aromatic heterocycles. The zero-order valence-electron chi connectivity index (χ0n) is 8.32. The molecule has 0 fully saturated rings. The summed E-state index contributed by atoms with van der Waals surface area (Å²) in [6.07, 6.45) is 1.81. The number of anilines is 1. The Morgan fingerprint density at radius 3 is 3.19 bits per heavy atom. The molecule has 0 bridgehead atoms. The molecule has 0 unspecified atom stereocenters. The number of hydrogen-bond acceptors (Lipinski definition) is 3. The van der Waals surface area contributed by atoms with E-state index in [1.165, 1.54) is 6.07 Å². The van der Waals surface area contributed by atoms with Gasteiger partial charge in [-0.1, -0.05) is 0 Å². The highest BCUT2D eigenvalue weighted by atomic mass is 16.4. The van der Waals surface area contributed by atoms with Gasteiger partial charge in [0.15, 0.2) is 0 Å². The van der Waals surface area contributed by atoms with Crippen molar-refractivity contribution in [1.82, 2.24) is 15.3 Å². The van der Waals surface area contributed by atoms with E-state index in [0.29, 0.717) is 5.69 Å². The van der Waals surface area contributed by atoms with Gasteiger partial charge in [-0.2, -0.15) is 9.78 Å². The lowest BCUT2D eigenvalue weighted by molar-refractivity contribution is -0.725. The average molecular weight is 220 g/mol. The van der Waals surface area contributed by atoms with Crippen LogP contribution in [0.4, 0.5) is 5.82 Å². The maximum atomic E-state index is 10.7. The molecule has 0 radical (unpaired) electrons. The number of hydrogen-bond donors (Lipinski definition) is 4. The monoisotopic (exact) mass is 220 g/mol. The first-order valence-corrected chi connectivity index (χ1v) is 4.90. The first kappa shape index (κ1) is 8.96. The number of nitrogens with one attached hydrogen (secondary N) is 3. The van der Waals surface area contributed by atoms with Crippen LogP contribution in [0.5, 0.6) is 0 Å². The normalized spacial score (nSPS) is 13.5. The predicted octanol–water partition coefficient (Wildman–Crippen LogP) is -0.184. The van der Waals surface area contributed by atoms with Crippen LogP contribution in [-0.4, -0.2) is 32.9 Å². The summed E-state index contributed by atoms with van der Waals surface area (Å²) in [4.78, 5) is 10.7. The minimum Gasteiger partial charge on any atom is -0.477 e. The number of H-pyrrole nitrogens is 2. The van der Waals surface area contributed by atoms with Crippen LogP contribution in [0.25, 0.3) is 11.3 Å². The van der Waals surface area contributed by atoms with E-state index in [-0.39, 0.29) is 5.69 Å². The van der Waals surface area contributed by atoms with Gasteiger partial charge >= 0.3 is 11.8 Å². The van der Waals surface area contributed by atoms with Crippen molar-refractivity contribution in [2.75, 3.05) is 11.9 Å². The van der Waals surface area contributed by atoms with Crippen molar-refractivity contribution in [1.29, 1.82) is 0 Å². The summed E-state index contributed by atoms with van der Waals surface area (Å²) in [5.41, 5.74) is 1.59. The van der Waals surface area contributed by atoms with E-state index in [4.69, 9.17) is 5.11 Å². The first-order chi connectivity index (χ1) is 7.75. The Kier molecular flexibility index (Phi) is 1.73. The van der Waals surface area contributed by atoms with Gasteiger partial charge in [-0.3, -0.25) is 10.4 Å². The SMILES string of the molecule is O=C(O)c1cc(-c2c[nH][n+]3c2NCC3)n[nH]1. The summed E-state index contributed by atoms with van der Waals surface area (Å²) in [6.45, 7) is 1.75. The van der Waals surface area contributed by atoms with Crippen molar-refractivity contribution in [3.8, 4) is 11.3 Å². The topological polar surface area (TPSA) is 97.7 Å². The third-order valence-corrected chi connectivity index (χ3v) is 2.60. The predicted molar refractivity (Wildman–Crippen MR) is 54.0 cm³/mol. The number of carboxylic acid groups (broad SMARTS) is 1. The van der Waals surface area contributed by atoms with Crippen LogP contribution < -0.4 is 10.00 Å². The number of aromatic amines is 2. The van der Waals surface area contributed by atoms with Crippen molar-refractivity contribution in [2.45, 2.75) is 6.54 Å². The van der Waals surface area contributed by atoms with E-state index < -0.39 is 5.97 Å². The average Bonchev–Trinajstić information content (AvgIpc) is 2.92. The number of rotatable bonds is 2. The molecule has 0 spiro atoms. The van der Waals surface area contributed by atoms with Crippen molar-refractivity contribution in [3.63, 3.8) is 0 Å². The molecule has 0 atom stereocenters. The van der Waals surface area contributed by atoms with Crippen molar-refractivity contribution >= 4 is 11.8 Å². The first-order valence-electron chi connectivity index (χ1n) is 4.90. The molecule has 7 heteroatoms. The maximum absolute atomic E-state index is 10.7. The van der Waals surface area contributed by atoms with Crippen LogP contribution in [-0.2, 0) is 6.54 Å². The summed E-state index contributed by atoms with van der Waals surface area (Å²) < 4.78 is 1.96. The molecular formula is C9H10N5O2+. The van der Waals surface area contributed by atoms with Crippen LogP contribution in [0, 0.1) is 0 Å². The largest absolute Gasteiger partial charge is 0.477 e. The number of nitrogens with zero attached hydrogens (tertiary/aromatic N) is 2. The van der Waals surface area contributed by atoms with E-state index in [9.17, 15) is 4.79 Å². The van der Waals surface area contributed by atoms with Crippen LogP contribution in [0.1, 0.15) is 10.5 Å². The van der Waals surface area contributed by atoms with E-state index >= 15 is 0 Å². The van der Waals surface area contributed by atoms with Crippen LogP contribution >= 0.6 is 0 Å². The Balaban J connectivity index is 2.05. The molecule has 0 saturated carbocycles. The second-order valence-electron chi connectivity index (χ2n) is 3.59. The summed E-state index contributed by atoms with van der Waals surface area (Å²) in [5, 5.41) is 21.5. The highest BCUT2D eigenvalue weighted by molar-refractivity contribution is 5.87. The minimum atomic E-state index is -1.01. The molecule has 1 aliphatic heterocycles. The number of aromatic carboxylic acids is 1. The van der Waals surface area contributed by atoms with Crippen LogP contribution in [0.15, 0.2) is 12.3 Å². The standard InChI is InChI=1S/C9H9N5O2/c15-9(16)7-3-6(12-13-7)5-4-11-14-2-1-10-8(5)14/h3-4H,1-2H2,(H3,10,11,12,13,15,16)/p+1. The lowest BCUT2D eigenvalue weighted by Crippen LogP contribution is -2.32. The number of fused-ring (bicyclic) bond motifs is 1. The Labute approximate surface area is 90.1 Å². The Morgan fingerprint density at radius 2 is 2.44 bits per heavy atom. The van der Waals surface area contributed by atoms with Crippen LogP contribution in [0.2, 0.25) is 0 Å². The van der Waals surface area contributed by atoms with E-state index in [1.807, 2.05) is 10.9 Å². The van der Waals surface area contributed by atoms with Gasteiger partial charge < -0.3 is 5.11 Å². The molecule has 1 aliphatic rings. The Morgan fingerprint density at radius 1 is 1.56 bits per heavy atom. The molecule has 7 nitrogen and oxygen atoms in total. The lowest BCUT2D eigenvalue weighted by Gasteiger charge is -1.88. The van der Waals surface area contributed by atoms with Gasteiger partial charge in [0.2, 0.25) is 0 Å². The smallest absolute Gasteiger partial charge is 0.353 e. The zero-order valence-corrected chi connectivity index (χ0v) is 8.32. The molecule has 82 valence electrons. The highest BCUT2D eigenvalue weighted by Crippen LogP contribution is 2.24. The summed E-state index contributed by atoms with van der Waals surface area (Å²) in [6, 6.07) is 1.52. The molecule has 0 amide bonds. The molecular weight excluding hydrogens is 210 g/mol. The summed E-state index contributed by atoms with van der Waals surface area (Å²) in [7, 11) is 0. The summed E-state index contributed by atoms with van der Waals surface area (Å²) >= 11 is 0. The number of carboxylic acids is 1. The van der Waals surface area contributed by atoms with Gasteiger partial charge in [0.05, 0.1) is 6.20 Å². The van der Waals surface area contributed by atoms with Crippen LogP contribution in [0.3, 0.4) is 0 Å². The molecule has 0 aliphatic carbocycles. The number of carbonyl (C=O) groups is 1. The molecule has 0 aromatic carbocycles. The highest BCUT2D eigenvalue weighted by Gasteiger charge is 2.26. The molecule has 3 rings (SSSR count). The van der Waals surface area contributed by atoms with Gasteiger partial charge in [-0.15, -0.1) is 0 Å². The van der Waals surface area contributed by atoms with E-state index in [2.05, 4.69) is 20.6 Å². The van der Waals surface area contributed by atoms with Gasteiger partial charge in [-0.25, -0.2) is 9.89 Å². The van der Waals surface area contributed by atoms with Gasteiger partial charge in [0.1, 0.15) is 30.0 Å². The van der Waals surface area contributed by atoms with E-state index in [0.717, 1.165) is 24.5 Å². The zero-order chi connectivity index (χ0) is 11.1. The van der Waals surface area contributed by atoms with Gasteiger partial charge in [0.25, 0.3) is 0 Å². The fraction of sp³-hybridized carbons (Fsp3) is 0.222. The third kappa shape index (κ3) is 1.18. The molecule has 2 aromatic rings. The Bertz CT molecular complexity index is 556. The maximum Gasteiger partial charge on any atom is 0.353 e.